The van der Waals surface area contributed by atoms with Gasteiger partial charge in [-0.3, -0.25) is 14.5 Å². The van der Waals surface area contributed by atoms with Gasteiger partial charge in [0, 0.05) is 43.7 Å². The summed E-state index contributed by atoms with van der Waals surface area (Å²) in [7, 11) is 0. The molecule has 1 fully saturated rings. The van der Waals surface area contributed by atoms with Crippen molar-refractivity contribution in [1.82, 2.24) is 15.1 Å². The van der Waals surface area contributed by atoms with Gasteiger partial charge in [0.25, 0.3) is 5.91 Å². The molecule has 4 amide bonds. The number of nitrogens with one attached hydrogen (secondary N) is 1. The number of para-hydroxylation sites is 1. The predicted molar refractivity (Wildman–Crippen MR) is 130 cm³/mol. The Labute approximate surface area is 202 Å². The number of carbonyl (C=O) groups is 3. The second-order valence-corrected chi connectivity index (χ2v) is 8.63. The van der Waals surface area contributed by atoms with Gasteiger partial charge in [-0.05, 0) is 40.5 Å². The van der Waals surface area contributed by atoms with E-state index in [0.29, 0.717) is 32.7 Å². The summed E-state index contributed by atoms with van der Waals surface area (Å²) >= 11 is 3.47. The molecule has 8 nitrogen and oxygen atoms in total. The molecule has 0 saturated carbocycles. The molecule has 176 valence electrons. The Bertz CT molecular complexity index is 972. The maximum Gasteiger partial charge on any atom is 0.324 e. The highest BCUT2D eigenvalue weighted by Gasteiger charge is 2.30. The second kappa shape index (κ2) is 11.8. The van der Waals surface area contributed by atoms with Crippen LogP contribution in [0.3, 0.4) is 0 Å². The molecular formula is C24H29BrN4O4. The molecule has 0 bridgehead atoms. The Morgan fingerprint density at radius 3 is 2.52 bits per heavy atom. The van der Waals surface area contributed by atoms with E-state index in [9.17, 15) is 19.5 Å². The van der Waals surface area contributed by atoms with Crippen molar-refractivity contribution in [2.45, 2.75) is 26.0 Å². The molecule has 1 unspecified atom stereocenters. The highest BCUT2D eigenvalue weighted by molar-refractivity contribution is 9.10. The maximum atomic E-state index is 12.7. The molecular weight excluding hydrogens is 488 g/mol. The van der Waals surface area contributed by atoms with Crippen LogP contribution in [-0.4, -0.2) is 71.6 Å². The van der Waals surface area contributed by atoms with Crippen molar-refractivity contribution in [3.63, 3.8) is 0 Å². The molecule has 0 spiro atoms. The van der Waals surface area contributed by atoms with Crippen LogP contribution in [0.4, 0.5) is 10.5 Å². The third kappa shape index (κ3) is 6.55. The number of halogens is 1. The van der Waals surface area contributed by atoms with Gasteiger partial charge in [0.2, 0.25) is 5.91 Å². The minimum atomic E-state index is -1.41. The minimum Gasteiger partial charge on any atom is -0.383 e. The normalized spacial score (nSPS) is 14.3. The van der Waals surface area contributed by atoms with E-state index in [2.05, 4.69) is 21.2 Å². The number of hydrogen-bond acceptors (Lipinski definition) is 4. The van der Waals surface area contributed by atoms with Crippen LogP contribution in [0.2, 0.25) is 0 Å². The summed E-state index contributed by atoms with van der Waals surface area (Å²) < 4.78 is 0.848. The van der Waals surface area contributed by atoms with E-state index in [1.54, 1.807) is 9.80 Å². The fourth-order valence-electron chi connectivity index (χ4n) is 3.71. The number of amides is 4. The van der Waals surface area contributed by atoms with E-state index in [1.165, 1.54) is 4.90 Å². The number of aliphatic hydroxyl groups excluding tert-OH is 1. The summed E-state index contributed by atoms with van der Waals surface area (Å²) in [6.45, 7) is 4.36. The molecule has 33 heavy (non-hydrogen) atoms. The summed E-state index contributed by atoms with van der Waals surface area (Å²) in [5.74, 6) is -0.906. The molecule has 2 aromatic carbocycles. The van der Waals surface area contributed by atoms with Crippen molar-refractivity contribution >= 4 is 39.5 Å². The predicted octanol–water partition coefficient (Wildman–Crippen LogP) is 2.61. The zero-order valence-electron chi connectivity index (χ0n) is 18.6. The van der Waals surface area contributed by atoms with Gasteiger partial charge in [-0.2, -0.15) is 0 Å². The van der Waals surface area contributed by atoms with E-state index < -0.39 is 17.9 Å². The summed E-state index contributed by atoms with van der Waals surface area (Å²) in [4.78, 5) is 42.4. The summed E-state index contributed by atoms with van der Waals surface area (Å²) in [5, 5.41) is 13.0. The first-order valence-electron chi connectivity index (χ1n) is 11.0. The molecule has 0 aliphatic carbocycles. The molecule has 1 saturated heterocycles. The average molecular weight is 517 g/mol. The van der Waals surface area contributed by atoms with Crippen molar-refractivity contribution < 1.29 is 19.5 Å². The SMILES string of the molecule is CCN(Cc1ccccc1)C(=O)C(O)CC(=O)NCCN1CCN(c2ccccc2Br)C1=O. The van der Waals surface area contributed by atoms with Gasteiger partial charge in [-0.1, -0.05) is 42.5 Å². The molecule has 1 heterocycles. The van der Waals surface area contributed by atoms with E-state index in [4.69, 9.17) is 0 Å². The van der Waals surface area contributed by atoms with Crippen LogP contribution in [0.5, 0.6) is 0 Å². The number of carbonyl (C=O) groups excluding carboxylic acids is 3. The number of benzene rings is 2. The molecule has 0 aromatic heterocycles. The second-order valence-electron chi connectivity index (χ2n) is 7.78. The van der Waals surface area contributed by atoms with Crippen LogP contribution in [0.1, 0.15) is 18.9 Å². The quantitative estimate of drug-likeness (QED) is 0.507. The van der Waals surface area contributed by atoms with Gasteiger partial charge in [0.05, 0.1) is 12.1 Å². The Morgan fingerprint density at radius 1 is 1.12 bits per heavy atom. The van der Waals surface area contributed by atoms with Crippen molar-refractivity contribution in [1.29, 1.82) is 0 Å². The van der Waals surface area contributed by atoms with Crippen LogP contribution in [0.25, 0.3) is 0 Å². The van der Waals surface area contributed by atoms with E-state index >= 15 is 0 Å². The van der Waals surface area contributed by atoms with Gasteiger partial charge in [-0.15, -0.1) is 0 Å². The summed E-state index contributed by atoms with van der Waals surface area (Å²) in [5.41, 5.74) is 1.77. The Balaban J connectivity index is 1.43. The summed E-state index contributed by atoms with van der Waals surface area (Å²) in [6, 6.07) is 16.9. The molecule has 1 aliphatic heterocycles. The molecule has 0 radical (unpaired) electrons. The largest absolute Gasteiger partial charge is 0.383 e. The smallest absolute Gasteiger partial charge is 0.324 e. The van der Waals surface area contributed by atoms with Gasteiger partial charge < -0.3 is 20.2 Å². The van der Waals surface area contributed by atoms with Crippen molar-refractivity contribution in [3.8, 4) is 0 Å². The molecule has 1 atom stereocenters. The van der Waals surface area contributed by atoms with Gasteiger partial charge in [0.15, 0.2) is 0 Å². The molecule has 2 aromatic rings. The number of hydrogen-bond donors (Lipinski definition) is 2. The number of likely N-dealkylation sites (N-methyl/N-ethyl adjacent to an activating group) is 1. The number of anilines is 1. The Hall–Kier alpha value is -2.91. The van der Waals surface area contributed by atoms with E-state index in [1.807, 2.05) is 61.5 Å². The number of nitrogens with zero attached hydrogens (tertiary/aromatic N) is 3. The van der Waals surface area contributed by atoms with Crippen LogP contribution in [0.15, 0.2) is 59.1 Å². The number of aliphatic hydroxyl groups is 1. The third-order valence-corrected chi connectivity index (χ3v) is 6.19. The van der Waals surface area contributed by atoms with E-state index in [-0.39, 0.29) is 19.0 Å². The lowest BCUT2D eigenvalue weighted by molar-refractivity contribution is -0.143. The first-order valence-corrected chi connectivity index (χ1v) is 11.8. The van der Waals surface area contributed by atoms with E-state index in [0.717, 1.165) is 15.7 Å². The fourth-order valence-corrected chi connectivity index (χ4v) is 4.21. The van der Waals surface area contributed by atoms with Gasteiger partial charge >= 0.3 is 6.03 Å². The number of rotatable bonds is 10. The zero-order valence-corrected chi connectivity index (χ0v) is 20.2. The first-order chi connectivity index (χ1) is 15.9. The first kappa shape index (κ1) is 24.7. The lowest BCUT2D eigenvalue weighted by Gasteiger charge is -2.24. The Morgan fingerprint density at radius 2 is 1.82 bits per heavy atom. The fraction of sp³-hybridized carbons (Fsp3) is 0.375. The van der Waals surface area contributed by atoms with Gasteiger partial charge in [-0.25, -0.2) is 4.79 Å². The molecule has 1 aliphatic rings. The van der Waals surface area contributed by atoms with Crippen LogP contribution >= 0.6 is 15.9 Å². The maximum absolute atomic E-state index is 12.7. The standard InChI is InChI=1S/C24H29BrN4O4/c1-2-27(17-18-8-4-3-5-9-18)23(32)21(30)16-22(31)26-12-13-28-14-15-29(24(28)33)20-11-7-6-10-19(20)25/h3-11,21,30H,2,12-17H2,1H3,(H,26,31). The summed E-state index contributed by atoms with van der Waals surface area (Å²) in [6.07, 6.45) is -1.73. The highest BCUT2D eigenvalue weighted by Crippen LogP contribution is 2.28. The molecule has 3 rings (SSSR count). The molecule has 9 heteroatoms. The highest BCUT2D eigenvalue weighted by atomic mass is 79.9. The van der Waals surface area contributed by atoms with Crippen LogP contribution < -0.4 is 10.2 Å². The third-order valence-electron chi connectivity index (χ3n) is 5.52. The number of urea groups is 1. The Kier molecular flexibility index (Phi) is 8.85. The average Bonchev–Trinajstić information content (AvgIpc) is 3.18. The van der Waals surface area contributed by atoms with Crippen molar-refractivity contribution in [2.75, 3.05) is 37.6 Å². The minimum absolute atomic E-state index is 0.120. The van der Waals surface area contributed by atoms with Crippen molar-refractivity contribution in [3.05, 3.63) is 64.6 Å². The molecule has 2 N–H and O–H groups in total. The van der Waals surface area contributed by atoms with Crippen LogP contribution in [0, 0.1) is 0 Å². The lowest BCUT2D eigenvalue weighted by atomic mass is 10.1. The lowest BCUT2D eigenvalue weighted by Crippen LogP contribution is -2.42. The van der Waals surface area contributed by atoms with Crippen molar-refractivity contribution in [2.24, 2.45) is 0 Å². The topological polar surface area (TPSA) is 93.2 Å². The van der Waals surface area contributed by atoms with Crippen LogP contribution in [-0.2, 0) is 16.1 Å². The monoisotopic (exact) mass is 516 g/mol. The zero-order chi connectivity index (χ0) is 23.8. The van der Waals surface area contributed by atoms with Gasteiger partial charge in [0.1, 0.15) is 6.10 Å².